The number of carbonyl (C=O) groups excluding carboxylic acids is 2. The van der Waals surface area contributed by atoms with Crippen LogP contribution in [0.15, 0.2) is 48.5 Å². The number of esters is 1. The molecule has 0 unspecified atom stereocenters. The topological polar surface area (TPSA) is 73.9 Å². The number of hydrogen-bond acceptors (Lipinski definition) is 5. The first-order valence-electron chi connectivity index (χ1n) is 9.01. The molecule has 2 rings (SSSR count). The lowest BCUT2D eigenvalue weighted by molar-refractivity contribution is -0.124. The molecule has 0 radical (unpaired) electrons. The Morgan fingerprint density at radius 1 is 0.926 bits per heavy atom. The van der Waals surface area contributed by atoms with Gasteiger partial charge in [-0.3, -0.25) is 4.79 Å². The first-order chi connectivity index (χ1) is 13.1. The van der Waals surface area contributed by atoms with Crippen LogP contribution in [0.25, 0.3) is 0 Å². The van der Waals surface area contributed by atoms with E-state index in [1.54, 1.807) is 30.3 Å². The molecule has 6 nitrogen and oxygen atoms in total. The molecule has 27 heavy (non-hydrogen) atoms. The molecule has 0 spiro atoms. The Morgan fingerprint density at radius 3 is 2.33 bits per heavy atom. The summed E-state index contributed by atoms with van der Waals surface area (Å²) in [7, 11) is 0. The van der Waals surface area contributed by atoms with Gasteiger partial charge in [0.15, 0.2) is 18.1 Å². The summed E-state index contributed by atoms with van der Waals surface area (Å²) in [4.78, 5) is 23.6. The fraction of sp³-hybridized carbons (Fsp3) is 0.333. The number of rotatable bonds is 10. The van der Waals surface area contributed by atoms with E-state index in [1.165, 1.54) is 0 Å². The third kappa shape index (κ3) is 6.66. The lowest BCUT2D eigenvalue weighted by atomic mass is 10.1. The van der Waals surface area contributed by atoms with Crippen molar-refractivity contribution in [3.05, 3.63) is 59.7 Å². The van der Waals surface area contributed by atoms with Crippen molar-refractivity contribution in [2.45, 2.75) is 20.3 Å². The smallest absolute Gasteiger partial charge is 0.338 e. The molecule has 0 aliphatic heterocycles. The Bertz CT molecular complexity index is 745. The van der Waals surface area contributed by atoms with Crippen LogP contribution in [0.2, 0.25) is 0 Å². The molecule has 0 atom stereocenters. The predicted octanol–water partition coefficient (Wildman–Crippen LogP) is 3.00. The number of benzene rings is 2. The molecule has 2 aromatic carbocycles. The van der Waals surface area contributed by atoms with E-state index in [0.29, 0.717) is 43.2 Å². The van der Waals surface area contributed by atoms with Crippen molar-refractivity contribution in [2.24, 2.45) is 0 Å². The van der Waals surface area contributed by atoms with Gasteiger partial charge < -0.3 is 19.5 Å². The number of nitrogens with one attached hydrogen (secondary N) is 1. The molecular weight excluding hydrogens is 346 g/mol. The van der Waals surface area contributed by atoms with Gasteiger partial charge in [0.05, 0.1) is 18.8 Å². The second kappa shape index (κ2) is 10.9. The van der Waals surface area contributed by atoms with Gasteiger partial charge >= 0.3 is 5.97 Å². The van der Waals surface area contributed by atoms with Gasteiger partial charge in [-0.1, -0.05) is 24.3 Å². The zero-order valence-electron chi connectivity index (χ0n) is 15.7. The number of amides is 1. The second-order valence-corrected chi connectivity index (χ2v) is 5.69. The SMILES string of the molecule is CCOc1ccc(CCNC(=O)COC(=O)c2ccccc2)cc1OCC. The quantitative estimate of drug-likeness (QED) is 0.650. The first kappa shape index (κ1) is 20.3. The molecule has 0 aromatic heterocycles. The Hall–Kier alpha value is -3.02. The standard InChI is InChI=1S/C21H25NO5/c1-3-25-18-11-10-16(14-19(18)26-4-2)12-13-22-20(23)15-27-21(24)17-8-6-5-7-9-17/h5-11,14H,3-4,12-13,15H2,1-2H3,(H,22,23). The Labute approximate surface area is 159 Å². The molecule has 2 aromatic rings. The third-order valence-electron chi connectivity index (χ3n) is 3.69. The van der Waals surface area contributed by atoms with Gasteiger partial charge in [0.2, 0.25) is 0 Å². The van der Waals surface area contributed by atoms with Crippen LogP contribution in [0, 0.1) is 0 Å². The van der Waals surface area contributed by atoms with E-state index in [4.69, 9.17) is 14.2 Å². The first-order valence-corrected chi connectivity index (χ1v) is 9.01. The Morgan fingerprint density at radius 2 is 1.63 bits per heavy atom. The lowest BCUT2D eigenvalue weighted by Gasteiger charge is -2.12. The fourth-order valence-corrected chi connectivity index (χ4v) is 2.44. The van der Waals surface area contributed by atoms with E-state index in [9.17, 15) is 9.59 Å². The van der Waals surface area contributed by atoms with E-state index in [-0.39, 0.29) is 12.5 Å². The monoisotopic (exact) mass is 371 g/mol. The van der Waals surface area contributed by atoms with Crippen molar-refractivity contribution in [3.8, 4) is 11.5 Å². The number of ether oxygens (including phenoxy) is 3. The van der Waals surface area contributed by atoms with E-state index < -0.39 is 5.97 Å². The summed E-state index contributed by atoms with van der Waals surface area (Å²) in [5, 5.41) is 2.74. The third-order valence-corrected chi connectivity index (χ3v) is 3.69. The van der Waals surface area contributed by atoms with Crippen LogP contribution < -0.4 is 14.8 Å². The molecule has 0 heterocycles. The van der Waals surface area contributed by atoms with Crippen LogP contribution in [-0.4, -0.2) is 38.2 Å². The van der Waals surface area contributed by atoms with Crippen LogP contribution in [-0.2, 0) is 16.0 Å². The average Bonchev–Trinajstić information content (AvgIpc) is 2.69. The van der Waals surface area contributed by atoms with E-state index in [1.807, 2.05) is 32.0 Å². The molecule has 144 valence electrons. The predicted molar refractivity (Wildman–Crippen MR) is 102 cm³/mol. The lowest BCUT2D eigenvalue weighted by Crippen LogP contribution is -2.30. The van der Waals surface area contributed by atoms with Crippen LogP contribution in [0.4, 0.5) is 0 Å². The summed E-state index contributed by atoms with van der Waals surface area (Å²) in [5.74, 6) is 0.550. The molecule has 0 aliphatic carbocycles. The second-order valence-electron chi connectivity index (χ2n) is 5.69. The van der Waals surface area contributed by atoms with Gasteiger partial charge in [-0.2, -0.15) is 0 Å². The van der Waals surface area contributed by atoms with Crippen molar-refractivity contribution < 1.29 is 23.8 Å². The fourth-order valence-electron chi connectivity index (χ4n) is 2.44. The van der Waals surface area contributed by atoms with Crippen molar-refractivity contribution in [1.29, 1.82) is 0 Å². The maximum absolute atomic E-state index is 11.8. The minimum Gasteiger partial charge on any atom is -0.490 e. The van der Waals surface area contributed by atoms with Crippen LogP contribution in [0.5, 0.6) is 11.5 Å². The van der Waals surface area contributed by atoms with Gasteiger partial charge in [0, 0.05) is 6.54 Å². The van der Waals surface area contributed by atoms with Crippen molar-refractivity contribution in [2.75, 3.05) is 26.4 Å². The zero-order chi connectivity index (χ0) is 19.5. The van der Waals surface area contributed by atoms with E-state index in [2.05, 4.69) is 5.32 Å². The Kier molecular flexibility index (Phi) is 8.16. The maximum Gasteiger partial charge on any atom is 0.338 e. The highest BCUT2D eigenvalue weighted by atomic mass is 16.5. The molecule has 0 saturated carbocycles. The molecule has 0 fully saturated rings. The van der Waals surface area contributed by atoms with Gasteiger partial charge in [0.25, 0.3) is 5.91 Å². The molecular formula is C21H25NO5. The maximum atomic E-state index is 11.8. The summed E-state index contributed by atoms with van der Waals surface area (Å²) in [6.07, 6.45) is 0.630. The highest BCUT2D eigenvalue weighted by Gasteiger charge is 2.10. The van der Waals surface area contributed by atoms with Gasteiger partial charge in [-0.05, 0) is 50.1 Å². The summed E-state index contributed by atoms with van der Waals surface area (Å²) in [5.41, 5.74) is 1.44. The summed E-state index contributed by atoms with van der Waals surface area (Å²) < 4.78 is 16.1. The van der Waals surface area contributed by atoms with Crippen molar-refractivity contribution in [3.63, 3.8) is 0 Å². The zero-order valence-corrected chi connectivity index (χ0v) is 15.7. The van der Waals surface area contributed by atoms with Crippen molar-refractivity contribution in [1.82, 2.24) is 5.32 Å². The summed E-state index contributed by atoms with van der Waals surface area (Å²) >= 11 is 0. The van der Waals surface area contributed by atoms with Crippen LogP contribution >= 0.6 is 0 Å². The largest absolute Gasteiger partial charge is 0.490 e. The van der Waals surface area contributed by atoms with Gasteiger partial charge in [-0.15, -0.1) is 0 Å². The average molecular weight is 371 g/mol. The van der Waals surface area contributed by atoms with E-state index in [0.717, 1.165) is 5.56 Å². The molecule has 0 aliphatic rings. The number of carbonyl (C=O) groups is 2. The molecule has 0 saturated heterocycles. The molecule has 1 N–H and O–H groups in total. The highest BCUT2D eigenvalue weighted by molar-refractivity contribution is 5.91. The van der Waals surface area contributed by atoms with Gasteiger partial charge in [0.1, 0.15) is 0 Å². The summed E-state index contributed by atoms with van der Waals surface area (Å²) in [6, 6.07) is 14.3. The minimum atomic E-state index is -0.515. The molecule has 6 heteroatoms. The minimum absolute atomic E-state index is 0.304. The normalized spacial score (nSPS) is 10.1. The molecule has 1 amide bonds. The number of hydrogen-bond donors (Lipinski definition) is 1. The Balaban J connectivity index is 1.77. The molecule has 0 bridgehead atoms. The van der Waals surface area contributed by atoms with Crippen LogP contribution in [0.1, 0.15) is 29.8 Å². The van der Waals surface area contributed by atoms with Gasteiger partial charge in [-0.25, -0.2) is 4.79 Å². The van der Waals surface area contributed by atoms with E-state index >= 15 is 0 Å². The van der Waals surface area contributed by atoms with Crippen LogP contribution in [0.3, 0.4) is 0 Å². The summed E-state index contributed by atoms with van der Waals surface area (Å²) in [6.45, 7) is 5.08. The van der Waals surface area contributed by atoms with Crippen molar-refractivity contribution >= 4 is 11.9 Å². The highest BCUT2D eigenvalue weighted by Crippen LogP contribution is 2.28.